The van der Waals surface area contributed by atoms with Crippen LogP contribution < -0.4 is 20.7 Å². The van der Waals surface area contributed by atoms with E-state index < -0.39 is 6.04 Å². The Kier molecular flexibility index (Phi) is 6.23. The molecule has 0 bridgehead atoms. The third-order valence-corrected chi connectivity index (χ3v) is 6.01. The summed E-state index contributed by atoms with van der Waals surface area (Å²) in [6, 6.07) is 25.5. The first-order chi connectivity index (χ1) is 17.6. The zero-order valence-electron chi connectivity index (χ0n) is 19.9. The Morgan fingerprint density at radius 2 is 1.56 bits per heavy atom. The van der Waals surface area contributed by atoms with Gasteiger partial charge in [-0.2, -0.15) is 5.10 Å². The molecular formula is C28H25N5O3. The average molecular weight is 480 g/mol. The van der Waals surface area contributed by atoms with Crippen LogP contribution >= 0.6 is 0 Å². The van der Waals surface area contributed by atoms with Gasteiger partial charge in [0.25, 0.3) is 11.8 Å². The van der Waals surface area contributed by atoms with Gasteiger partial charge in [0.2, 0.25) is 0 Å². The number of allylic oxidation sites excluding steroid dienone is 1. The van der Waals surface area contributed by atoms with Crippen LogP contribution in [0.2, 0.25) is 0 Å². The molecule has 1 atom stereocenters. The summed E-state index contributed by atoms with van der Waals surface area (Å²) < 4.78 is 7.08. The number of nitrogens with zero attached hydrogens (tertiary/aromatic N) is 2. The summed E-state index contributed by atoms with van der Waals surface area (Å²) in [5, 5.41) is 13.7. The number of nitrogens with one attached hydrogen (secondary N) is 3. The Morgan fingerprint density at radius 1 is 0.889 bits per heavy atom. The Labute approximate surface area is 208 Å². The second kappa shape index (κ2) is 9.79. The number of anilines is 3. The van der Waals surface area contributed by atoms with Gasteiger partial charge in [-0.05, 0) is 36.8 Å². The Hall–Kier alpha value is -4.85. The fourth-order valence-corrected chi connectivity index (χ4v) is 4.32. The smallest absolute Gasteiger partial charge is 0.261 e. The molecule has 1 aromatic heterocycles. The minimum absolute atomic E-state index is 0.295. The van der Waals surface area contributed by atoms with Crippen LogP contribution in [0.15, 0.2) is 102 Å². The summed E-state index contributed by atoms with van der Waals surface area (Å²) in [5.74, 6) is 0.485. The molecule has 3 aromatic carbocycles. The second-order valence-electron chi connectivity index (χ2n) is 8.30. The van der Waals surface area contributed by atoms with Gasteiger partial charge in [0.1, 0.15) is 23.2 Å². The molecular weight excluding hydrogens is 454 g/mol. The highest BCUT2D eigenvalue weighted by Crippen LogP contribution is 2.38. The Morgan fingerprint density at radius 3 is 2.28 bits per heavy atom. The lowest BCUT2D eigenvalue weighted by molar-refractivity contribution is -0.113. The van der Waals surface area contributed by atoms with E-state index >= 15 is 0 Å². The fraction of sp³-hybridized carbons (Fsp3) is 0.107. The number of rotatable bonds is 6. The summed E-state index contributed by atoms with van der Waals surface area (Å²) in [6.07, 6.45) is 1.52. The zero-order valence-corrected chi connectivity index (χ0v) is 19.9. The van der Waals surface area contributed by atoms with Crippen LogP contribution in [0.1, 0.15) is 28.9 Å². The molecule has 0 saturated heterocycles. The minimum Gasteiger partial charge on any atom is -0.495 e. The van der Waals surface area contributed by atoms with Gasteiger partial charge < -0.3 is 20.7 Å². The lowest BCUT2D eigenvalue weighted by Crippen LogP contribution is -2.32. The average Bonchev–Trinajstić information content (AvgIpc) is 3.32. The van der Waals surface area contributed by atoms with Crippen LogP contribution in [-0.2, 0) is 4.79 Å². The summed E-state index contributed by atoms with van der Waals surface area (Å²) in [7, 11) is 1.56. The van der Waals surface area contributed by atoms with E-state index in [2.05, 4.69) is 21.0 Å². The third-order valence-electron chi connectivity index (χ3n) is 6.01. The van der Waals surface area contributed by atoms with Gasteiger partial charge >= 0.3 is 0 Å². The van der Waals surface area contributed by atoms with Gasteiger partial charge in [0.15, 0.2) is 0 Å². The van der Waals surface area contributed by atoms with Crippen molar-refractivity contribution >= 4 is 29.0 Å². The van der Waals surface area contributed by atoms with Gasteiger partial charge in [-0.1, -0.05) is 60.7 Å². The maximum atomic E-state index is 13.6. The van der Waals surface area contributed by atoms with E-state index in [0.29, 0.717) is 39.8 Å². The monoisotopic (exact) mass is 479 g/mol. The first-order valence-electron chi connectivity index (χ1n) is 11.5. The number of hydrogen-bond acceptors (Lipinski definition) is 5. The molecule has 0 saturated carbocycles. The number of carbonyl (C=O) groups excluding carboxylic acids is 2. The highest BCUT2D eigenvalue weighted by molar-refractivity contribution is 6.09. The standard InChI is InChI=1S/C28H25N5O3/c1-18-24(28(35)32-22-15-9-10-16-23(22)36-2)25(19-11-5-3-6-12-19)33-26(30-18)21(17-29-33)27(34)31-20-13-7-4-8-14-20/h3-17,25,30H,1-2H3,(H,31,34)(H,32,35)/t25-/m0/s1. The summed E-state index contributed by atoms with van der Waals surface area (Å²) in [4.78, 5) is 26.7. The topological polar surface area (TPSA) is 97.3 Å². The van der Waals surface area contributed by atoms with Crippen molar-refractivity contribution in [3.63, 3.8) is 0 Å². The molecule has 0 spiro atoms. The molecule has 1 aliphatic rings. The second-order valence-corrected chi connectivity index (χ2v) is 8.30. The Bertz CT molecular complexity index is 1440. The van der Waals surface area contributed by atoms with Gasteiger partial charge in [0.05, 0.1) is 24.6 Å². The normalized spacial score (nSPS) is 14.4. The van der Waals surface area contributed by atoms with Crippen molar-refractivity contribution in [2.75, 3.05) is 23.1 Å². The van der Waals surface area contributed by atoms with E-state index in [1.807, 2.05) is 79.7 Å². The van der Waals surface area contributed by atoms with Crippen LogP contribution in [0.3, 0.4) is 0 Å². The van der Waals surface area contributed by atoms with Crippen molar-refractivity contribution < 1.29 is 14.3 Å². The van der Waals surface area contributed by atoms with Crippen LogP contribution in [0.5, 0.6) is 5.75 Å². The number of para-hydroxylation sites is 3. The highest BCUT2D eigenvalue weighted by atomic mass is 16.5. The molecule has 180 valence electrons. The number of fused-ring (bicyclic) bond motifs is 1. The van der Waals surface area contributed by atoms with E-state index in [1.54, 1.807) is 23.9 Å². The van der Waals surface area contributed by atoms with Crippen LogP contribution in [-0.4, -0.2) is 28.7 Å². The van der Waals surface area contributed by atoms with Crippen LogP contribution in [0.4, 0.5) is 17.2 Å². The first kappa shape index (κ1) is 22.9. The molecule has 3 N–H and O–H groups in total. The lowest BCUT2D eigenvalue weighted by atomic mass is 9.94. The summed E-state index contributed by atoms with van der Waals surface area (Å²) in [5.41, 5.74) is 3.59. The predicted octanol–water partition coefficient (Wildman–Crippen LogP) is 5.07. The van der Waals surface area contributed by atoms with E-state index in [-0.39, 0.29) is 11.8 Å². The highest BCUT2D eigenvalue weighted by Gasteiger charge is 2.35. The number of carbonyl (C=O) groups is 2. The molecule has 4 aromatic rings. The predicted molar refractivity (Wildman–Crippen MR) is 139 cm³/mol. The zero-order chi connectivity index (χ0) is 25.1. The number of amides is 2. The van der Waals surface area contributed by atoms with Crippen molar-refractivity contribution in [3.05, 3.63) is 114 Å². The number of hydrogen-bond donors (Lipinski definition) is 3. The molecule has 0 radical (unpaired) electrons. The molecule has 36 heavy (non-hydrogen) atoms. The molecule has 0 aliphatic carbocycles. The quantitative estimate of drug-likeness (QED) is 0.359. The molecule has 2 amide bonds. The minimum atomic E-state index is -0.546. The van der Waals surface area contributed by atoms with Gasteiger partial charge in [-0.3, -0.25) is 9.59 Å². The van der Waals surface area contributed by atoms with E-state index in [0.717, 1.165) is 5.56 Å². The Balaban J connectivity index is 1.54. The summed E-state index contributed by atoms with van der Waals surface area (Å²) >= 11 is 0. The molecule has 5 rings (SSSR count). The van der Waals surface area contributed by atoms with E-state index in [4.69, 9.17) is 4.74 Å². The molecule has 1 aliphatic heterocycles. The number of benzene rings is 3. The number of methoxy groups -OCH3 is 1. The van der Waals surface area contributed by atoms with E-state index in [1.165, 1.54) is 6.20 Å². The van der Waals surface area contributed by atoms with Crippen LogP contribution in [0, 0.1) is 0 Å². The third kappa shape index (κ3) is 4.32. The van der Waals surface area contributed by atoms with Gasteiger partial charge in [-0.15, -0.1) is 0 Å². The number of ether oxygens (including phenoxy) is 1. The van der Waals surface area contributed by atoms with Crippen LogP contribution in [0.25, 0.3) is 0 Å². The van der Waals surface area contributed by atoms with Crippen molar-refractivity contribution in [1.82, 2.24) is 9.78 Å². The largest absolute Gasteiger partial charge is 0.495 e. The molecule has 2 heterocycles. The lowest BCUT2D eigenvalue weighted by Gasteiger charge is -2.30. The maximum Gasteiger partial charge on any atom is 0.261 e. The summed E-state index contributed by atoms with van der Waals surface area (Å²) in [6.45, 7) is 1.82. The SMILES string of the molecule is COc1ccccc1NC(=O)C1=C(C)Nc2c(C(=O)Nc3ccccc3)cnn2[C@H]1c1ccccc1. The van der Waals surface area contributed by atoms with Crippen molar-refractivity contribution in [2.45, 2.75) is 13.0 Å². The van der Waals surface area contributed by atoms with Crippen molar-refractivity contribution in [3.8, 4) is 5.75 Å². The number of aromatic nitrogens is 2. The van der Waals surface area contributed by atoms with Crippen molar-refractivity contribution in [1.29, 1.82) is 0 Å². The fourth-order valence-electron chi connectivity index (χ4n) is 4.32. The van der Waals surface area contributed by atoms with E-state index in [9.17, 15) is 9.59 Å². The van der Waals surface area contributed by atoms with Gasteiger partial charge in [-0.25, -0.2) is 4.68 Å². The molecule has 0 unspecified atom stereocenters. The molecule has 0 fully saturated rings. The molecule has 8 nitrogen and oxygen atoms in total. The molecule has 8 heteroatoms. The maximum absolute atomic E-state index is 13.6. The van der Waals surface area contributed by atoms with Gasteiger partial charge in [0, 0.05) is 11.4 Å². The van der Waals surface area contributed by atoms with Crippen molar-refractivity contribution in [2.24, 2.45) is 0 Å². The first-order valence-corrected chi connectivity index (χ1v) is 11.5.